The molecule has 3 amide bonds. The number of carbonyl (C=O) groups is 4. The van der Waals surface area contributed by atoms with E-state index in [2.05, 4.69) is 25.9 Å². The number of nitrogens with one attached hydrogen (secondary N) is 4. The number of aromatic amines is 1. The van der Waals surface area contributed by atoms with E-state index in [4.69, 9.17) is 14.0 Å². The molecular formula is C43H61N5O8P+. The van der Waals surface area contributed by atoms with E-state index in [0.717, 1.165) is 74.1 Å². The van der Waals surface area contributed by atoms with E-state index in [-0.39, 0.29) is 24.9 Å². The van der Waals surface area contributed by atoms with E-state index in [0.29, 0.717) is 24.5 Å². The van der Waals surface area contributed by atoms with Gasteiger partial charge in [0.1, 0.15) is 23.6 Å². The van der Waals surface area contributed by atoms with E-state index in [1.54, 1.807) is 27.0 Å². The number of hydrogen-bond acceptors (Lipinski definition) is 9. The summed E-state index contributed by atoms with van der Waals surface area (Å²) in [6.45, 7) is 5.22. The molecule has 0 spiro atoms. The van der Waals surface area contributed by atoms with Gasteiger partial charge in [0.25, 0.3) is 0 Å². The molecule has 0 aliphatic heterocycles. The molecule has 0 radical (unpaired) electrons. The number of alkyl carbamates (subject to hydrolysis) is 1. The monoisotopic (exact) mass is 806 g/mol. The summed E-state index contributed by atoms with van der Waals surface area (Å²) in [7, 11) is -1.02. The Labute approximate surface area is 337 Å². The van der Waals surface area contributed by atoms with Crippen molar-refractivity contribution in [3.05, 3.63) is 66.2 Å². The number of ether oxygens (including phenoxy) is 2. The molecule has 2 aliphatic rings. The van der Waals surface area contributed by atoms with Crippen LogP contribution < -0.4 is 16.0 Å². The number of imidazole rings is 1. The second-order valence-electron chi connectivity index (χ2n) is 16.7. The highest BCUT2D eigenvalue weighted by molar-refractivity contribution is 7.39. The lowest BCUT2D eigenvalue weighted by Gasteiger charge is -2.27. The normalized spacial score (nSPS) is 17.8. The lowest BCUT2D eigenvalue weighted by molar-refractivity contribution is -0.145. The predicted molar refractivity (Wildman–Crippen MR) is 218 cm³/mol. The van der Waals surface area contributed by atoms with Gasteiger partial charge in [0.15, 0.2) is 12.4 Å². The van der Waals surface area contributed by atoms with Gasteiger partial charge in [-0.2, -0.15) is 0 Å². The third kappa shape index (κ3) is 14.2. The number of amides is 3. The lowest BCUT2D eigenvalue weighted by Crippen LogP contribution is -2.56. The Bertz CT molecular complexity index is 1780. The van der Waals surface area contributed by atoms with Crippen molar-refractivity contribution in [1.82, 2.24) is 25.9 Å². The van der Waals surface area contributed by atoms with Crippen LogP contribution in [-0.2, 0) is 45.8 Å². The van der Waals surface area contributed by atoms with Crippen molar-refractivity contribution in [3.8, 4) is 0 Å². The number of H-pyrrole nitrogens is 1. The molecule has 5 rings (SSSR count). The van der Waals surface area contributed by atoms with Crippen LogP contribution in [0.5, 0.6) is 0 Å². The van der Waals surface area contributed by atoms with Crippen molar-refractivity contribution in [1.29, 1.82) is 0 Å². The topological polar surface area (TPSA) is 178 Å². The van der Waals surface area contributed by atoms with E-state index >= 15 is 0 Å². The van der Waals surface area contributed by atoms with Crippen molar-refractivity contribution < 1.29 is 37.7 Å². The van der Waals surface area contributed by atoms with Gasteiger partial charge in [-0.3, -0.25) is 14.4 Å². The minimum Gasteiger partial charge on any atom is -0.469 e. The summed E-state index contributed by atoms with van der Waals surface area (Å²) >= 11 is 0. The van der Waals surface area contributed by atoms with Gasteiger partial charge in [0, 0.05) is 24.7 Å². The minimum atomic E-state index is -2.36. The molecule has 14 heteroatoms. The summed E-state index contributed by atoms with van der Waals surface area (Å²) < 4.78 is 30.6. The quantitative estimate of drug-likeness (QED) is 0.0571. The van der Waals surface area contributed by atoms with E-state index in [1.807, 2.05) is 42.5 Å². The van der Waals surface area contributed by atoms with Crippen LogP contribution in [0.4, 0.5) is 4.79 Å². The molecule has 2 aromatic carbocycles. The van der Waals surface area contributed by atoms with Crippen LogP contribution in [0.3, 0.4) is 0 Å². The fourth-order valence-electron chi connectivity index (χ4n) is 8.16. The first kappa shape index (κ1) is 43.8. The van der Waals surface area contributed by atoms with Crippen molar-refractivity contribution in [2.75, 3.05) is 13.3 Å². The number of esters is 1. The molecule has 2 fully saturated rings. The highest BCUT2D eigenvalue weighted by Gasteiger charge is 2.38. The highest BCUT2D eigenvalue weighted by Crippen LogP contribution is 2.37. The van der Waals surface area contributed by atoms with Crippen molar-refractivity contribution >= 4 is 42.7 Å². The molecule has 13 nitrogen and oxygen atoms in total. The third-order valence-corrected chi connectivity index (χ3v) is 12.2. The average Bonchev–Trinajstić information content (AvgIpc) is 3.70. The maximum absolute atomic E-state index is 14.3. The van der Waals surface area contributed by atoms with E-state index in [1.165, 1.54) is 19.9 Å². The molecular weight excluding hydrogens is 745 g/mol. The zero-order valence-corrected chi connectivity index (χ0v) is 34.8. The fraction of sp³-hybridized carbons (Fsp3) is 0.605. The molecule has 2 aliphatic carbocycles. The van der Waals surface area contributed by atoms with Crippen molar-refractivity contribution in [3.63, 3.8) is 0 Å². The van der Waals surface area contributed by atoms with Gasteiger partial charge < -0.3 is 30.4 Å². The van der Waals surface area contributed by atoms with Crippen LogP contribution in [0.1, 0.15) is 109 Å². The first-order chi connectivity index (χ1) is 27.4. The van der Waals surface area contributed by atoms with Crippen LogP contribution in [0.15, 0.2) is 55.0 Å². The zero-order chi connectivity index (χ0) is 40.8. The number of nitrogens with zero attached hydrogens (tertiary/aromatic N) is 1. The Morgan fingerprint density at radius 1 is 0.825 bits per heavy atom. The Kier molecular flexibility index (Phi) is 16.4. The summed E-state index contributed by atoms with van der Waals surface area (Å²) in [6, 6.07) is 11.3. The lowest BCUT2D eigenvalue weighted by atomic mass is 9.83. The first-order valence-corrected chi connectivity index (χ1v) is 22.0. The molecule has 4 N–H and O–H groups in total. The van der Waals surface area contributed by atoms with Crippen LogP contribution in [0, 0.1) is 17.8 Å². The van der Waals surface area contributed by atoms with Gasteiger partial charge in [-0.1, -0.05) is 107 Å². The Morgan fingerprint density at radius 3 is 2.11 bits per heavy atom. The fourth-order valence-corrected chi connectivity index (χ4v) is 9.33. The number of hydrogen-bond donors (Lipinski definition) is 4. The molecule has 3 aromatic rings. The van der Waals surface area contributed by atoms with Gasteiger partial charge in [0.05, 0.1) is 13.4 Å². The maximum atomic E-state index is 14.3. The summed E-state index contributed by atoms with van der Waals surface area (Å²) in [4.78, 5) is 61.7. The molecule has 4 unspecified atom stereocenters. The van der Waals surface area contributed by atoms with Crippen LogP contribution in [-0.4, -0.2) is 71.0 Å². The average molecular weight is 807 g/mol. The number of fused-ring (bicyclic) bond motifs is 1. The number of benzene rings is 2. The van der Waals surface area contributed by atoms with Gasteiger partial charge in [-0.15, -0.1) is 4.52 Å². The summed E-state index contributed by atoms with van der Waals surface area (Å²) in [5, 5.41) is 10.5. The number of carbonyl (C=O) groups excluding carboxylic acids is 4. The van der Waals surface area contributed by atoms with E-state index in [9.17, 15) is 23.7 Å². The molecule has 5 atom stereocenters. The highest BCUT2D eigenvalue weighted by atomic mass is 31.1. The Morgan fingerprint density at radius 2 is 1.46 bits per heavy atom. The summed E-state index contributed by atoms with van der Waals surface area (Å²) in [5.74, 6) is -1.50. The first-order valence-electron chi connectivity index (χ1n) is 20.6. The molecule has 1 heterocycles. The molecule has 0 saturated heterocycles. The van der Waals surface area contributed by atoms with Crippen LogP contribution >= 0.6 is 8.03 Å². The van der Waals surface area contributed by atoms with Crippen LogP contribution in [0.2, 0.25) is 0 Å². The molecule has 2 saturated carbocycles. The number of methoxy groups -OCH3 is 1. The van der Waals surface area contributed by atoms with Gasteiger partial charge >= 0.3 is 20.1 Å². The van der Waals surface area contributed by atoms with Crippen molar-refractivity contribution in [2.24, 2.45) is 17.8 Å². The minimum absolute atomic E-state index is 0.00393. The predicted octanol–water partition coefficient (Wildman–Crippen LogP) is 7.66. The van der Waals surface area contributed by atoms with Gasteiger partial charge in [-0.25, -0.2) is 9.78 Å². The zero-order valence-electron chi connectivity index (χ0n) is 33.9. The summed E-state index contributed by atoms with van der Waals surface area (Å²) in [6.07, 6.45) is 13.2. The second-order valence-corrected chi connectivity index (χ2v) is 17.9. The van der Waals surface area contributed by atoms with E-state index < -0.39 is 61.7 Å². The second kappa shape index (κ2) is 21.4. The number of rotatable bonds is 18. The van der Waals surface area contributed by atoms with Gasteiger partial charge in [-0.05, 0) is 66.3 Å². The summed E-state index contributed by atoms with van der Waals surface area (Å²) in [5.41, 5.74) is 0.618. The Hall–Kier alpha value is -4.35. The van der Waals surface area contributed by atoms with Crippen molar-refractivity contribution in [2.45, 2.75) is 135 Å². The molecule has 1 aromatic heterocycles. The smallest absolute Gasteiger partial charge is 0.469 e. The third-order valence-electron chi connectivity index (χ3n) is 11.0. The number of aromatic nitrogens is 2. The maximum Gasteiger partial charge on any atom is 0.511 e. The van der Waals surface area contributed by atoms with Gasteiger partial charge in [0.2, 0.25) is 11.8 Å². The SMILES string of the molecule is COC(=O)C(CC1CCCCC1)C[P+](=O)OC(CC1CCCCC1)NC(=O)[C@H](Cc1cnc[nH]1)NC(=O)C(Cc1cccc2ccccc12)NC(=O)OC(C)(C)C. The Balaban J connectivity index is 1.35. The largest absolute Gasteiger partial charge is 0.511 e. The van der Waals surface area contributed by atoms with Crippen LogP contribution in [0.25, 0.3) is 10.8 Å². The molecule has 0 bridgehead atoms. The standard InChI is InChI=1S/C43H60N5O8P/c1-43(2,3)55-42(52)47-36(24-32-20-13-19-31-18-11-12-21-35(31)32)39(49)46-37(25-34-26-44-28-45-34)40(50)48-38(23-30-16-9-6-10-17-30)56-57(53)27-33(41(51)54-4)22-29-14-7-5-8-15-29/h11-13,18-21,26,28-30,33,36-38H,5-10,14-17,22-25,27H2,1-4H3,(H3-,44,45,46,47,48,49,50,52)/p+1/t33?,36?,37-,38?/m0/s1. The molecule has 310 valence electrons. The molecule has 57 heavy (non-hydrogen) atoms.